The number of amides is 2. The van der Waals surface area contributed by atoms with Crippen LogP contribution in [0.15, 0.2) is 0 Å². The van der Waals surface area contributed by atoms with Gasteiger partial charge in [0.1, 0.15) is 6.04 Å². The Labute approximate surface area is 105 Å². The van der Waals surface area contributed by atoms with E-state index in [0.29, 0.717) is 13.0 Å². The van der Waals surface area contributed by atoms with Gasteiger partial charge in [-0.2, -0.15) is 0 Å². The molecule has 4 N–H and O–H groups in total. The summed E-state index contributed by atoms with van der Waals surface area (Å²) in [4.78, 5) is 35.2. The number of rotatable bonds is 4. The topological polar surface area (TPSA) is 113 Å². The first-order valence-electron chi connectivity index (χ1n) is 5.94. The zero-order chi connectivity index (χ0) is 13.7. The summed E-state index contributed by atoms with van der Waals surface area (Å²) in [6, 6.07) is -0.795. The highest BCUT2D eigenvalue weighted by atomic mass is 16.4. The van der Waals surface area contributed by atoms with Gasteiger partial charge in [-0.25, -0.2) is 4.79 Å². The summed E-state index contributed by atoms with van der Waals surface area (Å²) in [5.41, 5.74) is 5.10. The number of carboxylic acids is 1. The molecular formula is C11H19N3O4. The zero-order valence-electron chi connectivity index (χ0n) is 10.4. The van der Waals surface area contributed by atoms with Gasteiger partial charge in [0.05, 0.1) is 13.1 Å². The first-order valence-corrected chi connectivity index (χ1v) is 5.94. The average Bonchev–Trinajstić information content (AvgIpc) is 2.35. The fraction of sp³-hybridized carbons (Fsp3) is 0.727. The number of hydrogen-bond acceptors (Lipinski definition) is 4. The summed E-state index contributed by atoms with van der Waals surface area (Å²) in [6.07, 6.45) is 1.23. The average molecular weight is 257 g/mol. The molecule has 0 bridgehead atoms. The van der Waals surface area contributed by atoms with E-state index in [1.165, 1.54) is 4.90 Å². The quantitative estimate of drug-likeness (QED) is 0.584. The van der Waals surface area contributed by atoms with E-state index in [0.717, 1.165) is 6.42 Å². The Morgan fingerprint density at radius 2 is 2.11 bits per heavy atom. The highest BCUT2D eigenvalue weighted by molar-refractivity contribution is 5.88. The van der Waals surface area contributed by atoms with Gasteiger partial charge in [0, 0.05) is 6.54 Å². The number of hydrogen-bond donors (Lipinski definition) is 3. The Morgan fingerprint density at radius 1 is 1.44 bits per heavy atom. The summed E-state index contributed by atoms with van der Waals surface area (Å²) in [7, 11) is 0. The number of nitrogens with one attached hydrogen (secondary N) is 1. The number of aliphatic carboxylic acids is 1. The summed E-state index contributed by atoms with van der Waals surface area (Å²) >= 11 is 0. The van der Waals surface area contributed by atoms with Gasteiger partial charge in [0.25, 0.3) is 0 Å². The molecule has 7 heteroatoms. The first-order chi connectivity index (χ1) is 8.45. The minimum atomic E-state index is -1.000. The highest BCUT2D eigenvalue weighted by Crippen LogP contribution is 2.22. The summed E-state index contributed by atoms with van der Waals surface area (Å²) in [5.74, 6) is -1.52. The molecule has 0 aromatic carbocycles. The molecule has 0 saturated carbocycles. The van der Waals surface area contributed by atoms with Crippen molar-refractivity contribution in [3.05, 3.63) is 0 Å². The minimum Gasteiger partial charge on any atom is -0.480 e. The van der Waals surface area contributed by atoms with Gasteiger partial charge in [0.2, 0.25) is 11.8 Å². The monoisotopic (exact) mass is 257 g/mol. The molecule has 1 fully saturated rings. The summed E-state index contributed by atoms with van der Waals surface area (Å²) < 4.78 is 0. The van der Waals surface area contributed by atoms with Crippen molar-refractivity contribution in [2.45, 2.75) is 25.8 Å². The number of nitrogens with zero attached hydrogens (tertiary/aromatic N) is 1. The van der Waals surface area contributed by atoms with E-state index in [1.54, 1.807) is 0 Å². The molecular weight excluding hydrogens is 238 g/mol. The van der Waals surface area contributed by atoms with E-state index >= 15 is 0 Å². The van der Waals surface area contributed by atoms with Crippen LogP contribution in [0.2, 0.25) is 0 Å². The second-order valence-electron chi connectivity index (χ2n) is 4.55. The van der Waals surface area contributed by atoms with Crippen LogP contribution in [0.4, 0.5) is 0 Å². The smallest absolute Gasteiger partial charge is 0.326 e. The Balaban J connectivity index is 2.59. The number of piperidine rings is 1. The van der Waals surface area contributed by atoms with Crippen LogP contribution in [0.5, 0.6) is 0 Å². The largest absolute Gasteiger partial charge is 0.480 e. The van der Waals surface area contributed by atoms with E-state index < -0.39 is 17.9 Å². The van der Waals surface area contributed by atoms with Gasteiger partial charge in [0.15, 0.2) is 0 Å². The number of nitrogens with two attached hydrogens (primary N) is 1. The van der Waals surface area contributed by atoms with Crippen LogP contribution in [0.3, 0.4) is 0 Å². The summed E-state index contributed by atoms with van der Waals surface area (Å²) in [5, 5.41) is 11.4. The molecule has 1 rings (SSSR count). The maximum atomic E-state index is 11.8. The molecule has 1 heterocycles. The second kappa shape index (κ2) is 6.34. The molecule has 0 aromatic heterocycles. The third-order valence-corrected chi connectivity index (χ3v) is 3.09. The lowest BCUT2D eigenvalue weighted by Gasteiger charge is -2.36. The van der Waals surface area contributed by atoms with Gasteiger partial charge in [-0.15, -0.1) is 0 Å². The van der Waals surface area contributed by atoms with Crippen molar-refractivity contribution in [2.24, 2.45) is 11.7 Å². The van der Waals surface area contributed by atoms with Crippen molar-refractivity contribution in [1.29, 1.82) is 0 Å². The lowest BCUT2D eigenvalue weighted by Crippen LogP contribution is -2.52. The predicted molar refractivity (Wildman–Crippen MR) is 63.6 cm³/mol. The van der Waals surface area contributed by atoms with Crippen molar-refractivity contribution in [1.82, 2.24) is 10.2 Å². The van der Waals surface area contributed by atoms with E-state index in [4.69, 9.17) is 10.8 Å². The molecule has 0 aliphatic carbocycles. The van der Waals surface area contributed by atoms with Crippen molar-refractivity contribution in [3.8, 4) is 0 Å². The van der Waals surface area contributed by atoms with Crippen LogP contribution >= 0.6 is 0 Å². The predicted octanol–water partition coefficient (Wildman–Crippen LogP) is -1.23. The fourth-order valence-corrected chi connectivity index (χ4v) is 2.02. The highest BCUT2D eigenvalue weighted by Gasteiger charge is 2.34. The van der Waals surface area contributed by atoms with Crippen LogP contribution in [0.25, 0.3) is 0 Å². The number of likely N-dealkylation sites (tertiary alicyclic amines) is 1. The molecule has 0 spiro atoms. The molecule has 2 unspecified atom stereocenters. The Morgan fingerprint density at radius 3 is 2.67 bits per heavy atom. The zero-order valence-corrected chi connectivity index (χ0v) is 10.4. The fourth-order valence-electron chi connectivity index (χ4n) is 2.02. The third-order valence-electron chi connectivity index (χ3n) is 3.09. The second-order valence-corrected chi connectivity index (χ2v) is 4.55. The molecule has 0 radical (unpaired) electrons. The molecule has 2 amide bonds. The van der Waals surface area contributed by atoms with Crippen molar-refractivity contribution in [2.75, 3.05) is 19.6 Å². The molecule has 1 saturated heterocycles. The van der Waals surface area contributed by atoms with Gasteiger partial charge in [-0.3, -0.25) is 9.59 Å². The van der Waals surface area contributed by atoms with Gasteiger partial charge < -0.3 is 21.1 Å². The Bertz CT molecular complexity index is 345. The Kier molecular flexibility index (Phi) is 5.08. The molecule has 1 aliphatic heterocycles. The first kappa shape index (κ1) is 14.4. The molecule has 2 atom stereocenters. The third kappa shape index (κ3) is 3.69. The number of carbonyl (C=O) groups excluding carboxylic acids is 2. The van der Waals surface area contributed by atoms with Crippen molar-refractivity contribution in [3.63, 3.8) is 0 Å². The van der Waals surface area contributed by atoms with E-state index in [9.17, 15) is 14.4 Å². The maximum Gasteiger partial charge on any atom is 0.326 e. The van der Waals surface area contributed by atoms with Crippen molar-refractivity contribution < 1.29 is 19.5 Å². The van der Waals surface area contributed by atoms with Crippen LogP contribution in [0, 0.1) is 5.92 Å². The van der Waals surface area contributed by atoms with E-state index in [1.807, 2.05) is 6.92 Å². The lowest BCUT2D eigenvalue weighted by molar-refractivity contribution is -0.152. The van der Waals surface area contributed by atoms with Gasteiger partial charge in [-0.05, 0) is 18.8 Å². The standard InChI is InChI=1S/C11H19N3O4/c1-7-2-3-14(8(4-7)11(17)18)10(16)6-13-9(15)5-12/h7-8H,2-6,12H2,1H3,(H,13,15)(H,17,18). The lowest BCUT2D eigenvalue weighted by atomic mass is 9.92. The molecule has 18 heavy (non-hydrogen) atoms. The van der Waals surface area contributed by atoms with Crippen LogP contribution in [0.1, 0.15) is 19.8 Å². The molecule has 7 nitrogen and oxygen atoms in total. The minimum absolute atomic E-state index is 0.188. The maximum absolute atomic E-state index is 11.8. The summed E-state index contributed by atoms with van der Waals surface area (Å²) in [6.45, 7) is 1.99. The van der Waals surface area contributed by atoms with Crippen molar-refractivity contribution >= 4 is 17.8 Å². The molecule has 102 valence electrons. The van der Waals surface area contributed by atoms with Crippen LogP contribution in [-0.2, 0) is 14.4 Å². The van der Waals surface area contributed by atoms with E-state index in [2.05, 4.69) is 5.32 Å². The van der Waals surface area contributed by atoms with Gasteiger partial charge in [-0.1, -0.05) is 6.92 Å². The van der Waals surface area contributed by atoms with Crippen LogP contribution < -0.4 is 11.1 Å². The normalized spacial score (nSPS) is 23.6. The number of carbonyl (C=O) groups is 3. The Hall–Kier alpha value is -1.63. The van der Waals surface area contributed by atoms with Crippen LogP contribution in [-0.4, -0.2) is 53.5 Å². The molecule has 0 aromatic rings. The van der Waals surface area contributed by atoms with Gasteiger partial charge >= 0.3 is 5.97 Å². The van der Waals surface area contributed by atoms with E-state index in [-0.39, 0.29) is 24.9 Å². The molecule has 1 aliphatic rings. The SMILES string of the molecule is CC1CCN(C(=O)CNC(=O)CN)C(C(=O)O)C1. The number of carboxylic acid groups (broad SMARTS) is 1.